The second-order valence-corrected chi connectivity index (χ2v) is 4.04. The lowest BCUT2D eigenvalue weighted by molar-refractivity contribution is 0.356. The molecular formula is C15H16O3. The molecule has 2 aromatic rings. The van der Waals surface area contributed by atoms with Crippen molar-refractivity contribution in [1.82, 2.24) is 0 Å². The van der Waals surface area contributed by atoms with Crippen molar-refractivity contribution in [3.8, 4) is 28.4 Å². The van der Waals surface area contributed by atoms with Crippen molar-refractivity contribution >= 4 is 0 Å². The van der Waals surface area contributed by atoms with Crippen LogP contribution in [0.2, 0.25) is 0 Å². The molecule has 0 unspecified atom stereocenters. The lowest BCUT2D eigenvalue weighted by atomic mass is 9.99. The Morgan fingerprint density at radius 2 is 1.72 bits per heavy atom. The number of aromatic hydroxyl groups is 1. The minimum Gasteiger partial charge on any atom is -0.508 e. The molecule has 0 atom stereocenters. The molecule has 0 spiro atoms. The van der Waals surface area contributed by atoms with E-state index in [1.807, 2.05) is 31.2 Å². The van der Waals surface area contributed by atoms with E-state index in [2.05, 4.69) is 0 Å². The number of phenols is 1. The highest BCUT2D eigenvalue weighted by molar-refractivity contribution is 5.76. The van der Waals surface area contributed by atoms with Crippen LogP contribution in [0.3, 0.4) is 0 Å². The Balaban J connectivity index is 2.63. The van der Waals surface area contributed by atoms with Gasteiger partial charge in [0.15, 0.2) is 11.5 Å². The van der Waals surface area contributed by atoms with Crippen LogP contribution in [0.1, 0.15) is 5.56 Å². The van der Waals surface area contributed by atoms with Crippen molar-refractivity contribution in [3.05, 3.63) is 42.0 Å². The molecule has 0 fully saturated rings. The van der Waals surface area contributed by atoms with E-state index < -0.39 is 0 Å². The van der Waals surface area contributed by atoms with E-state index in [-0.39, 0.29) is 5.75 Å². The lowest BCUT2D eigenvalue weighted by Gasteiger charge is -2.14. The zero-order valence-corrected chi connectivity index (χ0v) is 10.7. The number of methoxy groups -OCH3 is 2. The Morgan fingerprint density at radius 3 is 2.33 bits per heavy atom. The summed E-state index contributed by atoms with van der Waals surface area (Å²) in [6.07, 6.45) is 0. The van der Waals surface area contributed by atoms with Crippen molar-refractivity contribution in [3.63, 3.8) is 0 Å². The first-order valence-corrected chi connectivity index (χ1v) is 5.68. The summed E-state index contributed by atoms with van der Waals surface area (Å²) in [5.74, 6) is 1.66. The molecule has 18 heavy (non-hydrogen) atoms. The van der Waals surface area contributed by atoms with E-state index in [4.69, 9.17) is 9.47 Å². The average Bonchev–Trinajstić information content (AvgIpc) is 2.37. The second kappa shape index (κ2) is 5.00. The van der Waals surface area contributed by atoms with Gasteiger partial charge in [-0.2, -0.15) is 0 Å². The smallest absolute Gasteiger partial charge is 0.168 e. The number of ether oxygens (including phenoxy) is 2. The third-order valence-corrected chi connectivity index (χ3v) is 2.90. The molecule has 94 valence electrons. The SMILES string of the molecule is COc1cccc(-c2ccc(O)cc2C)c1OC. The highest BCUT2D eigenvalue weighted by Crippen LogP contribution is 2.39. The Hall–Kier alpha value is -2.16. The first kappa shape index (κ1) is 12.3. The van der Waals surface area contributed by atoms with Crippen LogP contribution in [0.5, 0.6) is 17.2 Å². The third kappa shape index (κ3) is 2.12. The summed E-state index contributed by atoms with van der Waals surface area (Å²) in [5, 5.41) is 9.46. The lowest BCUT2D eigenvalue weighted by Crippen LogP contribution is -1.94. The van der Waals surface area contributed by atoms with E-state index in [0.29, 0.717) is 11.5 Å². The quantitative estimate of drug-likeness (QED) is 0.899. The van der Waals surface area contributed by atoms with Gasteiger partial charge in [0, 0.05) is 5.56 Å². The minimum atomic E-state index is 0.262. The normalized spacial score (nSPS) is 10.2. The van der Waals surface area contributed by atoms with Gasteiger partial charge >= 0.3 is 0 Å². The van der Waals surface area contributed by atoms with Gasteiger partial charge in [0.05, 0.1) is 14.2 Å². The van der Waals surface area contributed by atoms with Crippen LogP contribution in [0.4, 0.5) is 0 Å². The molecule has 0 saturated heterocycles. The zero-order valence-electron chi connectivity index (χ0n) is 10.7. The molecular weight excluding hydrogens is 228 g/mol. The molecule has 2 aromatic carbocycles. The fourth-order valence-electron chi connectivity index (χ4n) is 2.05. The number of hydrogen-bond acceptors (Lipinski definition) is 3. The molecule has 0 aromatic heterocycles. The van der Waals surface area contributed by atoms with E-state index >= 15 is 0 Å². The first-order valence-electron chi connectivity index (χ1n) is 5.68. The van der Waals surface area contributed by atoms with Crippen molar-refractivity contribution in [2.75, 3.05) is 14.2 Å². The fraction of sp³-hybridized carbons (Fsp3) is 0.200. The summed E-state index contributed by atoms with van der Waals surface area (Å²) in [5.41, 5.74) is 2.96. The van der Waals surface area contributed by atoms with Crippen molar-refractivity contribution in [2.45, 2.75) is 6.92 Å². The molecule has 0 heterocycles. The van der Waals surface area contributed by atoms with Crippen molar-refractivity contribution in [1.29, 1.82) is 0 Å². The van der Waals surface area contributed by atoms with Gasteiger partial charge < -0.3 is 14.6 Å². The van der Waals surface area contributed by atoms with Gasteiger partial charge in [0.2, 0.25) is 0 Å². The van der Waals surface area contributed by atoms with Gasteiger partial charge in [-0.25, -0.2) is 0 Å². The molecule has 3 nitrogen and oxygen atoms in total. The Morgan fingerprint density at radius 1 is 0.944 bits per heavy atom. The van der Waals surface area contributed by atoms with Crippen LogP contribution in [-0.2, 0) is 0 Å². The maximum Gasteiger partial charge on any atom is 0.168 e. The molecule has 3 heteroatoms. The van der Waals surface area contributed by atoms with Crippen molar-refractivity contribution in [2.24, 2.45) is 0 Å². The zero-order chi connectivity index (χ0) is 13.1. The Labute approximate surface area is 107 Å². The van der Waals surface area contributed by atoms with E-state index in [1.165, 1.54) is 0 Å². The number of rotatable bonds is 3. The largest absolute Gasteiger partial charge is 0.508 e. The Bertz CT molecular complexity index is 562. The molecule has 0 saturated carbocycles. The first-order chi connectivity index (χ1) is 8.67. The van der Waals surface area contributed by atoms with E-state index in [1.54, 1.807) is 26.4 Å². The van der Waals surface area contributed by atoms with Gasteiger partial charge in [-0.15, -0.1) is 0 Å². The molecule has 0 radical (unpaired) electrons. The molecule has 0 amide bonds. The summed E-state index contributed by atoms with van der Waals surface area (Å²) >= 11 is 0. The maximum absolute atomic E-state index is 9.46. The third-order valence-electron chi connectivity index (χ3n) is 2.90. The number of aryl methyl sites for hydroxylation is 1. The fourth-order valence-corrected chi connectivity index (χ4v) is 2.05. The number of hydrogen-bond donors (Lipinski definition) is 1. The topological polar surface area (TPSA) is 38.7 Å². The Kier molecular flexibility index (Phi) is 3.42. The minimum absolute atomic E-state index is 0.262. The van der Waals surface area contributed by atoms with Gasteiger partial charge in [-0.05, 0) is 36.2 Å². The van der Waals surface area contributed by atoms with Crippen LogP contribution in [-0.4, -0.2) is 19.3 Å². The van der Waals surface area contributed by atoms with Gasteiger partial charge in [0.25, 0.3) is 0 Å². The van der Waals surface area contributed by atoms with Crippen LogP contribution in [0, 0.1) is 6.92 Å². The van der Waals surface area contributed by atoms with Crippen LogP contribution in [0.15, 0.2) is 36.4 Å². The number of phenolic OH excluding ortho intramolecular Hbond substituents is 1. The maximum atomic E-state index is 9.46. The summed E-state index contributed by atoms with van der Waals surface area (Å²) in [7, 11) is 3.24. The molecule has 0 aliphatic rings. The van der Waals surface area contributed by atoms with Gasteiger partial charge in [0.1, 0.15) is 5.75 Å². The highest BCUT2D eigenvalue weighted by Gasteiger charge is 2.13. The van der Waals surface area contributed by atoms with E-state index in [0.717, 1.165) is 16.7 Å². The van der Waals surface area contributed by atoms with Crippen LogP contribution in [0.25, 0.3) is 11.1 Å². The number of para-hydroxylation sites is 1. The summed E-state index contributed by atoms with van der Waals surface area (Å²) in [6, 6.07) is 11.0. The summed E-state index contributed by atoms with van der Waals surface area (Å²) in [4.78, 5) is 0. The number of benzene rings is 2. The van der Waals surface area contributed by atoms with E-state index in [9.17, 15) is 5.11 Å². The molecule has 0 bridgehead atoms. The average molecular weight is 244 g/mol. The predicted molar refractivity (Wildman–Crippen MR) is 71.4 cm³/mol. The highest BCUT2D eigenvalue weighted by atomic mass is 16.5. The molecule has 0 aliphatic carbocycles. The monoisotopic (exact) mass is 244 g/mol. The van der Waals surface area contributed by atoms with Gasteiger partial charge in [-0.3, -0.25) is 0 Å². The summed E-state index contributed by atoms with van der Waals surface area (Å²) in [6.45, 7) is 1.95. The van der Waals surface area contributed by atoms with Crippen LogP contribution < -0.4 is 9.47 Å². The molecule has 0 aliphatic heterocycles. The summed E-state index contributed by atoms with van der Waals surface area (Å²) < 4.78 is 10.7. The van der Waals surface area contributed by atoms with Crippen LogP contribution >= 0.6 is 0 Å². The second-order valence-electron chi connectivity index (χ2n) is 4.04. The molecule has 2 rings (SSSR count). The molecule has 1 N–H and O–H groups in total. The van der Waals surface area contributed by atoms with Gasteiger partial charge in [-0.1, -0.05) is 18.2 Å². The standard InChI is InChI=1S/C15H16O3/c1-10-9-11(16)7-8-12(10)13-5-4-6-14(17-2)15(13)18-3/h4-9,16H,1-3H3. The predicted octanol–water partition coefficient (Wildman–Crippen LogP) is 3.38. The van der Waals surface area contributed by atoms with Crippen molar-refractivity contribution < 1.29 is 14.6 Å².